The van der Waals surface area contributed by atoms with Crippen LogP contribution in [0.25, 0.3) is 0 Å². The number of aliphatic hydroxyl groups excluding tert-OH is 2. The number of hydrogen-bond acceptors (Lipinski definition) is 2. The fourth-order valence-corrected chi connectivity index (χ4v) is 0.0471. The van der Waals surface area contributed by atoms with Gasteiger partial charge in [0.05, 0.1) is 12.9 Å². The Labute approximate surface area is 42.5 Å². The molecule has 0 radical (unpaired) electrons. The van der Waals surface area contributed by atoms with Gasteiger partial charge in [-0.3, -0.25) is 0 Å². The van der Waals surface area contributed by atoms with Gasteiger partial charge in [-0.1, -0.05) is 0 Å². The van der Waals surface area contributed by atoms with Gasteiger partial charge in [0.15, 0.2) is 0 Å². The van der Waals surface area contributed by atoms with E-state index in [1.807, 2.05) is 0 Å². The zero-order valence-electron chi connectivity index (χ0n) is 3.16. The molecule has 3 heteroatoms. The summed E-state index contributed by atoms with van der Waals surface area (Å²) < 4.78 is 0. The van der Waals surface area contributed by atoms with Crippen LogP contribution in [0, 0.1) is 0 Å². The molecule has 0 aromatic carbocycles. The van der Waals surface area contributed by atoms with Gasteiger partial charge in [-0.05, 0) is 6.08 Å². The highest BCUT2D eigenvalue weighted by molar-refractivity contribution is 5.85. The molecule has 0 unspecified atom stereocenters. The molecule has 2 nitrogen and oxygen atoms in total. The van der Waals surface area contributed by atoms with E-state index in [9.17, 15) is 0 Å². The normalized spacial score (nSPS) is 8.17. The van der Waals surface area contributed by atoms with Gasteiger partial charge in [0, 0.05) is 0 Å². The van der Waals surface area contributed by atoms with Gasteiger partial charge < -0.3 is 10.2 Å². The molecule has 0 fully saturated rings. The van der Waals surface area contributed by atoms with Crippen molar-refractivity contribution in [3.63, 3.8) is 0 Å². The third kappa shape index (κ3) is 9.21. The SMILES string of the molecule is Cl.OC=CCO. The summed E-state index contributed by atoms with van der Waals surface area (Å²) in [5, 5.41) is 15.5. The van der Waals surface area contributed by atoms with Crippen LogP contribution in [0.3, 0.4) is 0 Å². The third-order valence-corrected chi connectivity index (χ3v) is 0.211. The fourth-order valence-electron chi connectivity index (χ4n) is 0.0471. The van der Waals surface area contributed by atoms with Crippen molar-refractivity contribution in [3.8, 4) is 0 Å². The van der Waals surface area contributed by atoms with Gasteiger partial charge in [0.1, 0.15) is 0 Å². The topological polar surface area (TPSA) is 40.5 Å². The Morgan fingerprint density at radius 1 is 1.50 bits per heavy atom. The van der Waals surface area contributed by atoms with Crippen molar-refractivity contribution in [3.05, 3.63) is 12.3 Å². The predicted octanol–water partition coefficient (Wildman–Crippen LogP) is 0.472. The second-order valence-corrected chi connectivity index (χ2v) is 0.567. The maximum Gasteiger partial charge on any atom is 0.0774 e. The van der Waals surface area contributed by atoms with E-state index in [-0.39, 0.29) is 19.0 Å². The summed E-state index contributed by atoms with van der Waals surface area (Å²) in [6.07, 6.45) is 2.04. The van der Waals surface area contributed by atoms with E-state index in [0.717, 1.165) is 6.26 Å². The van der Waals surface area contributed by atoms with Gasteiger partial charge in [-0.25, -0.2) is 0 Å². The Morgan fingerprint density at radius 3 is 2.00 bits per heavy atom. The van der Waals surface area contributed by atoms with Crippen molar-refractivity contribution >= 4 is 12.4 Å². The zero-order valence-corrected chi connectivity index (χ0v) is 3.98. The van der Waals surface area contributed by atoms with Crippen LogP contribution in [0.2, 0.25) is 0 Å². The van der Waals surface area contributed by atoms with Crippen molar-refractivity contribution in [2.45, 2.75) is 0 Å². The monoisotopic (exact) mass is 110 g/mol. The Morgan fingerprint density at radius 2 is 2.00 bits per heavy atom. The lowest BCUT2D eigenvalue weighted by molar-refractivity contribution is 0.337. The molecule has 0 amide bonds. The van der Waals surface area contributed by atoms with Crippen LogP contribution < -0.4 is 0 Å². The maximum atomic E-state index is 7.82. The molecule has 0 spiro atoms. The number of aliphatic hydroxyl groups is 2. The van der Waals surface area contributed by atoms with Crippen LogP contribution in [-0.4, -0.2) is 16.8 Å². The van der Waals surface area contributed by atoms with Gasteiger partial charge in [-0.2, -0.15) is 0 Å². The van der Waals surface area contributed by atoms with Crippen LogP contribution in [0.15, 0.2) is 12.3 Å². The summed E-state index contributed by atoms with van der Waals surface area (Å²) in [6.45, 7) is -0.0868. The Bertz CT molecular complexity index is 35.8. The van der Waals surface area contributed by atoms with E-state index >= 15 is 0 Å². The minimum atomic E-state index is -0.0868. The fraction of sp³-hybridized carbons (Fsp3) is 0.333. The van der Waals surface area contributed by atoms with Gasteiger partial charge in [0.2, 0.25) is 0 Å². The Kier molecular flexibility index (Phi) is 13.6. The first kappa shape index (κ1) is 9.25. The quantitative estimate of drug-likeness (QED) is 0.482. The smallest absolute Gasteiger partial charge is 0.0774 e. The maximum absolute atomic E-state index is 7.82. The molecule has 0 bridgehead atoms. The molecule has 0 saturated heterocycles. The van der Waals surface area contributed by atoms with Crippen molar-refractivity contribution in [1.82, 2.24) is 0 Å². The minimum absolute atomic E-state index is 0. The van der Waals surface area contributed by atoms with Gasteiger partial charge >= 0.3 is 0 Å². The van der Waals surface area contributed by atoms with E-state index in [2.05, 4.69) is 0 Å². The first-order chi connectivity index (χ1) is 2.41. The molecule has 6 heavy (non-hydrogen) atoms. The van der Waals surface area contributed by atoms with E-state index in [4.69, 9.17) is 10.2 Å². The number of rotatable bonds is 1. The van der Waals surface area contributed by atoms with Crippen LogP contribution in [0.4, 0.5) is 0 Å². The largest absolute Gasteiger partial charge is 0.516 e. The first-order valence-corrected chi connectivity index (χ1v) is 1.32. The van der Waals surface area contributed by atoms with Crippen molar-refractivity contribution < 1.29 is 10.2 Å². The summed E-state index contributed by atoms with van der Waals surface area (Å²) >= 11 is 0. The lowest BCUT2D eigenvalue weighted by atomic mass is 10.7. The molecule has 0 heterocycles. The molecule has 0 aliphatic heterocycles. The molecule has 0 atom stereocenters. The number of halogens is 1. The van der Waals surface area contributed by atoms with Crippen LogP contribution in [-0.2, 0) is 0 Å². The second kappa shape index (κ2) is 8.84. The van der Waals surface area contributed by atoms with Crippen LogP contribution in [0.5, 0.6) is 0 Å². The Balaban J connectivity index is 0. The average molecular weight is 111 g/mol. The highest BCUT2D eigenvalue weighted by Gasteiger charge is 1.54. The predicted molar refractivity (Wildman–Crippen MR) is 26.1 cm³/mol. The molecule has 0 aromatic heterocycles. The summed E-state index contributed by atoms with van der Waals surface area (Å²) in [5.74, 6) is 0. The molecule has 0 rings (SSSR count). The minimum Gasteiger partial charge on any atom is -0.516 e. The van der Waals surface area contributed by atoms with E-state index < -0.39 is 0 Å². The average Bonchev–Trinajstić information content (AvgIpc) is 1.41. The van der Waals surface area contributed by atoms with Crippen molar-refractivity contribution in [2.24, 2.45) is 0 Å². The van der Waals surface area contributed by atoms with E-state index in [0.29, 0.717) is 0 Å². The molecule has 0 aromatic rings. The second-order valence-electron chi connectivity index (χ2n) is 0.567. The third-order valence-electron chi connectivity index (χ3n) is 0.211. The molecule has 0 aliphatic rings. The standard InChI is InChI=1S/C3H6O2.ClH/c4-2-1-3-5;/h1-2,4-5H,3H2;1H. The van der Waals surface area contributed by atoms with E-state index in [1.165, 1.54) is 6.08 Å². The summed E-state index contributed by atoms with van der Waals surface area (Å²) in [6, 6.07) is 0. The summed E-state index contributed by atoms with van der Waals surface area (Å²) in [4.78, 5) is 0. The Hall–Kier alpha value is -0.210. The summed E-state index contributed by atoms with van der Waals surface area (Å²) in [7, 11) is 0. The first-order valence-electron chi connectivity index (χ1n) is 1.32. The molecule has 0 saturated carbocycles. The lowest BCUT2D eigenvalue weighted by Gasteiger charge is -1.66. The van der Waals surface area contributed by atoms with Crippen LogP contribution in [0.1, 0.15) is 0 Å². The lowest BCUT2D eigenvalue weighted by Crippen LogP contribution is -1.66. The number of hydrogen-bond donors (Lipinski definition) is 2. The highest BCUT2D eigenvalue weighted by Crippen LogP contribution is 1.56. The summed E-state index contributed by atoms with van der Waals surface area (Å²) in [5.41, 5.74) is 0. The highest BCUT2D eigenvalue weighted by atomic mass is 35.5. The van der Waals surface area contributed by atoms with Crippen molar-refractivity contribution in [2.75, 3.05) is 6.61 Å². The molecule has 38 valence electrons. The molecular weight excluding hydrogens is 103 g/mol. The van der Waals surface area contributed by atoms with Gasteiger partial charge in [0.25, 0.3) is 0 Å². The molecule has 2 N–H and O–H groups in total. The molecular formula is C3H7ClO2. The van der Waals surface area contributed by atoms with E-state index in [1.54, 1.807) is 0 Å². The van der Waals surface area contributed by atoms with Crippen LogP contribution >= 0.6 is 12.4 Å². The zero-order chi connectivity index (χ0) is 4.12. The van der Waals surface area contributed by atoms with Gasteiger partial charge in [-0.15, -0.1) is 12.4 Å². The van der Waals surface area contributed by atoms with Crippen molar-refractivity contribution in [1.29, 1.82) is 0 Å². The molecule has 0 aliphatic carbocycles.